The highest BCUT2D eigenvalue weighted by Gasteiger charge is 1.79. The van der Waals surface area contributed by atoms with E-state index in [0.717, 1.165) is 25.1 Å². The van der Waals surface area contributed by atoms with Crippen molar-refractivity contribution in [2.24, 2.45) is 0 Å². The van der Waals surface area contributed by atoms with Crippen molar-refractivity contribution in [3.63, 3.8) is 0 Å². The Morgan fingerprint density at radius 2 is 2.12 bits per heavy atom. The van der Waals surface area contributed by atoms with Gasteiger partial charge in [-0.15, -0.1) is 23.4 Å². The lowest BCUT2D eigenvalue weighted by Gasteiger charge is -1.85. The molecule has 0 saturated heterocycles. The van der Waals surface area contributed by atoms with Crippen LogP contribution in [0.3, 0.4) is 0 Å². The molecule has 0 rings (SSSR count). The van der Waals surface area contributed by atoms with Crippen molar-refractivity contribution in [1.82, 2.24) is 0 Å². The molecule has 0 bridgehead atoms. The van der Waals surface area contributed by atoms with Crippen LogP contribution in [0.25, 0.3) is 0 Å². The van der Waals surface area contributed by atoms with E-state index >= 15 is 0 Å². The molecule has 0 unspecified atom stereocenters. The molecule has 0 saturated carbocycles. The highest BCUT2D eigenvalue weighted by Crippen LogP contribution is 1.94. The molecule has 8 heavy (non-hydrogen) atoms. The summed E-state index contributed by atoms with van der Waals surface area (Å²) in [6.07, 6.45) is 3.24. The summed E-state index contributed by atoms with van der Waals surface area (Å²) in [5.41, 5.74) is 0. The van der Waals surface area contributed by atoms with E-state index in [1.807, 2.05) is 6.92 Å². The fourth-order valence-electron chi connectivity index (χ4n) is 0.433. The van der Waals surface area contributed by atoms with Crippen LogP contribution in [0.1, 0.15) is 26.2 Å². The minimum absolute atomic E-state index is 0.769. The summed E-state index contributed by atoms with van der Waals surface area (Å²) in [5, 5.41) is 0. The van der Waals surface area contributed by atoms with Crippen molar-refractivity contribution in [2.45, 2.75) is 26.2 Å². The van der Waals surface area contributed by atoms with Crippen molar-refractivity contribution < 1.29 is 0 Å². The lowest BCUT2D eigenvalue weighted by molar-refractivity contribution is 0.833. The molecule has 0 heterocycles. The van der Waals surface area contributed by atoms with Gasteiger partial charge in [-0.05, 0) is 19.8 Å². The molecule has 46 valence electrons. The molecule has 0 N–H and O–H groups in total. The van der Waals surface area contributed by atoms with Gasteiger partial charge in [-0.25, -0.2) is 0 Å². The average molecular weight is 131 g/mol. The van der Waals surface area contributed by atoms with Crippen molar-refractivity contribution in [1.29, 1.82) is 0 Å². The molecule has 0 radical (unpaired) electrons. The molecule has 0 amide bonds. The van der Waals surface area contributed by atoms with Gasteiger partial charge in [-0.1, -0.05) is 0 Å². The highest BCUT2D eigenvalue weighted by atomic mass is 35.5. The Balaban J connectivity index is 2.79. The van der Waals surface area contributed by atoms with Crippen LogP contribution in [0.15, 0.2) is 0 Å². The van der Waals surface area contributed by atoms with E-state index in [0.29, 0.717) is 0 Å². The van der Waals surface area contributed by atoms with E-state index in [2.05, 4.69) is 11.8 Å². The Hall–Kier alpha value is -0.150. The average Bonchev–Trinajstić information content (AvgIpc) is 1.81. The smallest absolute Gasteiger partial charge is 0.0223 e. The largest absolute Gasteiger partial charge is 0.127 e. The van der Waals surface area contributed by atoms with Gasteiger partial charge >= 0.3 is 0 Å². The second-order valence-electron chi connectivity index (χ2n) is 1.57. The number of hydrogen-bond donors (Lipinski definition) is 0. The predicted octanol–water partition coefficient (Wildman–Crippen LogP) is 2.42. The van der Waals surface area contributed by atoms with Crippen LogP contribution < -0.4 is 0 Å². The summed E-state index contributed by atoms with van der Waals surface area (Å²) >= 11 is 5.43. The van der Waals surface area contributed by atoms with Gasteiger partial charge in [-0.2, -0.15) is 0 Å². The zero-order valence-electron chi connectivity index (χ0n) is 5.21. The van der Waals surface area contributed by atoms with E-state index in [4.69, 9.17) is 11.6 Å². The van der Waals surface area contributed by atoms with Gasteiger partial charge in [0.1, 0.15) is 0 Å². The third kappa shape index (κ3) is 5.85. The lowest BCUT2D eigenvalue weighted by atomic mass is 10.2. The molecule has 0 aromatic heterocycles. The number of alkyl halides is 1. The number of rotatable bonds is 3. The molecule has 0 atom stereocenters. The first-order valence-corrected chi connectivity index (χ1v) is 3.41. The zero-order chi connectivity index (χ0) is 6.24. The van der Waals surface area contributed by atoms with E-state index in [1.54, 1.807) is 0 Å². The Kier molecular flexibility index (Phi) is 6.72. The molecule has 0 aliphatic carbocycles. The second-order valence-corrected chi connectivity index (χ2v) is 1.95. The van der Waals surface area contributed by atoms with Crippen molar-refractivity contribution in [3.8, 4) is 11.8 Å². The minimum atomic E-state index is 0.769. The molecular formula is C7H11Cl. The summed E-state index contributed by atoms with van der Waals surface area (Å²) in [6.45, 7) is 1.86. The van der Waals surface area contributed by atoms with E-state index in [-0.39, 0.29) is 0 Å². The minimum Gasteiger partial charge on any atom is -0.127 e. The third-order valence-corrected chi connectivity index (χ3v) is 1.13. The Morgan fingerprint density at radius 3 is 2.62 bits per heavy atom. The quantitative estimate of drug-likeness (QED) is 0.313. The molecular weight excluding hydrogens is 120 g/mol. The van der Waals surface area contributed by atoms with Crippen LogP contribution >= 0.6 is 11.6 Å². The van der Waals surface area contributed by atoms with Crippen LogP contribution in [0.2, 0.25) is 0 Å². The van der Waals surface area contributed by atoms with E-state index in [1.165, 1.54) is 0 Å². The summed E-state index contributed by atoms with van der Waals surface area (Å²) in [5.74, 6) is 6.58. The third-order valence-electron chi connectivity index (χ3n) is 0.862. The molecule has 0 aliphatic heterocycles. The summed E-state index contributed by atoms with van der Waals surface area (Å²) in [7, 11) is 0. The number of halogens is 1. The monoisotopic (exact) mass is 130 g/mol. The van der Waals surface area contributed by atoms with Gasteiger partial charge < -0.3 is 0 Å². The van der Waals surface area contributed by atoms with Gasteiger partial charge in [0.05, 0.1) is 0 Å². The number of unbranched alkanes of at least 4 members (excludes halogenated alkanes) is 2. The molecule has 1 heteroatoms. The first-order valence-electron chi connectivity index (χ1n) is 2.87. The summed E-state index contributed by atoms with van der Waals surface area (Å²) in [4.78, 5) is 0. The lowest BCUT2D eigenvalue weighted by Crippen LogP contribution is -1.73. The maximum atomic E-state index is 5.43. The number of hydrogen-bond acceptors (Lipinski definition) is 0. The SMILES string of the molecule is CC#CCCCCCl. The van der Waals surface area contributed by atoms with E-state index in [9.17, 15) is 0 Å². The Bertz CT molecular complexity index is 86.3. The normalized spacial score (nSPS) is 7.75. The van der Waals surface area contributed by atoms with Gasteiger partial charge in [0.25, 0.3) is 0 Å². The van der Waals surface area contributed by atoms with Crippen LogP contribution in [0.4, 0.5) is 0 Å². The molecule has 0 aliphatic rings. The highest BCUT2D eigenvalue weighted by molar-refractivity contribution is 6.17. The predicted molar refractivity (Wildman–Crippen MR) is 38.0 cm³/mol. The fraction of sp³-hybridized carbons (Fsp3) is 0.714. The first-order chi connectivity index (χ1) is 3.91. The molecule has 0 spiro atoms. The second kappa shape index (κ2) is 6.85. The van der Waals surface area contributed by atoms with E-state index < -0.39 is 0 Å². The molecule has 0 aromatic rings. The Labute approximate surface area is 56.2 Å². The first kappa shape index (κ1) is 7.85. The van der Waals surface area contributed by atoms with Gasteiger partial charge in [0, 0.05) is 12.3 Å². The van der Waals surface area contributed by atoms with Gasteiger partial charge in [-0.3, -0.25) is 0 Å². The van der Waals surface area contributed by atoms with Crippen LogP contribution in [-0.4, -0.2) is 5.88 Å². The van der Waals surface area contributed by atoms with Crippen LogP contribution in [-0.2, 0) is 0 Å². The molecule has 0 aromatic carbocycles. The molecule has 0 fully saturated rings. The Morgan fingerprint density at radius 1 is 1.38 bits per heavy atom. The zero-order valence-corrected chi connectivity index (χ0v) is 5.96. The fourth-order valence-corrected chi connectivity index (χ4v) is 0.622. The summed E-state index contributed by atoms with van der Waals surface area (Å²) < 4.78 is 0. The maximum Gasteiger partial charge on any atom is 0.0223 e. The van der Waals surface area contributed by atoms with Crippen molar-refractivity contribution >= 4 is 11.6 Å². The molecule has 0 nitrogen and oxygen atoms in total. The van der Waals surface area contributed by atoms with Gasteiger partial charge in [0.15, 0.2) is 0 Å². The maximum absolute atomic E-state index is 5.43. The van der Waals surface area contributed by atoms with Crippen molar-refractivity contribution in [3.05, 3.63) is 0 Å². The standard InChI is InChI=1S/C7H11Cl/c1-2-3-4-5-6-7-8/h4-7H2,1H3. The van der Waals surface area contributed by atoms with Gasteiger partial charge in [0.2, 0.25) is 0 Å². The van der Waals surface area contributed by atoms with Crippen molar-refractivity contribution in [2.75, 3.05) is 5.88 Å². The van der Waals surface area contributed by atoms with Crippen LogP contribution in [0.5, 0.6) is 0 Å². The summed E-state index contributed by atoms with van der Waals surface area (Å²) in [6, 6.07) is 0. The topological polar surface area (TPSA) is 0 Å². The van der Waals surface area contributed by atoms with Crippen LogP contribution in [0, 0.1) is 11.8 Å².